The summed E-state index contributed by atoms with van der Waals surface area (Å²) in [6.45, 7) is 8.73. The second-order valence-electron chi connectivity index (χ2n) is 13.5. The molecule has 7 aromatic carbocycles. The topological polar surface area (TPSA) is 42.8 Å². The van der Waals surface area contributed by atoms with Gasteiger partial charge in [0.05, 0.1) is 22.5 Å². The number of furan rings is 1. The lowest BCUT2D eigenvalue weighted by molar-refractivity contribution is 0.673. The van der Waals surface area contributed by atoms with Gasteiger partial charge in [0.2, 0.25) is 0 Å². The van der Waals surface area contributed by atoms with Crippen LogP contribution in [-0.4, -0.2) is 22.2 Å². The van der Waals surface area contributed by atoms with Gasteiger partial charge in [0.1, 0.15) is 11.2 Å². The van der Waals surface area contributed by atoms with E-state index in [1.54, 1.807) is 0 Å². The van der Waals surface area contributed by atoms with Gasteiger partial charge in [0, 0.05) is 33.1 Å². The number of fused-ring (bicyclic) bond motifs is 7. The number of hydrogen-bond acceptors (Lipinski definition) is 2. The number of para-hydroxylation sites is 2. The number of nitrogens with zero attached hydrogens (tertiary/aromatic N) is 3. The fourth-order valence-electron chi connectivity index (χ4n) is 7.37. The largest absolute Gasteiger partial charge is 0.455 e. The predicted molar refractivity (Wildman–Crippen MR) is 224 cm³/mol. The molecule has 0 spiro atoms. The molecular weight excluding hydrogens is 647 g/mol. The first kappa shape index (κ1) is 32.1. The molecule has 0 radical (unpaired) electrons. The number of amidine groups is 1. The average molecular weight is 684 g/mol. The molecule has 0 N–H and O–H groups in total. The third kappa shape index (κ3) is 5.84. The van der Waals surface area contributed by atoms with E-state index in [4.69, 9.17) is 14.4 Å². The van der Waals surface area contributed by atoms with Gasteiger partial charge in [-0.3, -0.25) is 4.99 Å². The van der Waals surface area contributed by atoms with Crippen LogP contribution < -0.4 is 0 Å². The van der Waals surface area contributed by atoms with Crippen LogP contribution in [0.3, 0.4) is 0 Å². The monoisotopic (exact) mass is 683 g/mol. The summed E-state index contributed by atoms with van der Waals surface area (Å²) in [5, 5.41) is 4.53. The van der Waals surface area contributed by atoms with Gasteiger partial charge in [0.15, 0.2) is 5.84 Å². The van der Waals surface area contributed by atoms with E-state index >= 15 is 0 Å². The highest BCUT2D eigenvalue weighted by Crippen LogP contribution is 2.40. The van der Waals surface area contributed by atoms with Crippen molar-refractivity contribution in [1.82, 2.24) is 4.57 Å². The standard InChI is InChI=1S/C49H37N3O/c1-32(33(2)50-49(51-34(3)35-15-6-4-7-16-35)38-27-25-37(26-28-38)36-17-8-5-9-18-36)39-19-14-20-40(31-39)52-44-23-12-10-22-43(44)47-45(52)30-29-42-41-21-11-13-24-46(41)53-48(42)47/h4-31,33H,1H2,2-3H3/t33-/m1/s1. The molecule has 0 bridgehead atoms. The minimum Gasteiger partial charge on any atom is -0.455 e. The molecule has 2 aromatic heterocycles. The van der Waals surface area contributed by atoms with Crippen molar-refractivity contribution < 1.29 is 4.42 Å². The van der Waals surface area contributed by atoms with Crippen LogP contribution in [0, 0.1) is 0 Å². The number of rotatable bonds is 7. The summed E-state index contributed by atoms with van der Waals surface area (Å²) in [5.74, 6) is 0.674. The Morgan fingerprint density at radius 3 is 2.04 bits per heavy atom. The Balaban J connectivity index is 1.11. The van der Waals surface area contributed by atoms with Gasteiger partial charge < -0.3 is 8.98 Å². The van der Waals surface area contributed by atoms with E-state index in [0.29, 0.717) is 5.84 Å². The second kappa shape index (κ2) is 13.4. The summed E-state index contributed by atoms with van der Waals surface area (Å²) in [7, 11) is 0. The van der Waals surface area contributed by atoms with Gasteiger partial charge in [-0.05, 0) is 78.1 Å². The van der Waals surface area contributed by atoms with E-state index in [1.165, 1.54) is 5.56 Å². The molecular formula is C49H37N3O. The van der Waals surface area contributed by atoms with Crippen molar-refractivity contribution in [2.24, 2.45) is 9.98 Å². The van der Waals surface area contributed by atoms with Gasteiger partial charge in [0.25, 0.3) is 0 Å². The fourth-order valence-corrected chi connectivity index (χ4v) is 7.37. The lowest BCUT2D eigenvalue weighted by Crippen LogP contribution is -2.10. The lowest BCUT2D eigenvalue weighted by atomic mass is 10.0. The van der Waals surface area contributed by atoms with Crippen molar-refractivity contribution in [2.75, 3.05) is 0 Å². The van der Waals surface area contributed by atoms with Crippen LogP contribution in [0.1, 0.15) is 30.5 Å². The number of aromatic nitrogens is 1. The molecule has 0 unspecified atom stereocenters. The predicted octanol–water partition coefficient (Wildman–Crippen LogP) is 12.7. The Labute approximate surface area is 308 Å². The highest BCUT2D eigenvalue weighted by atomic mass is 16.3. The molecule has 0 aliphatic heterocycles. The molecule has 4 nitrogen and oxygen atoms in total. The Bertz CT molecular complexity index is 2860. The fraction of sp³-hybridized carbons (Fsp3) is 0.0612. The van der Waals surface area contributed by atoms with Crippen molar-refractivity contribution in [3.05, 3.63) is 193 Å². The third-order valence-corrected chi connectivity index (χ3v) is 10.2. The van der Waals surface area contributed by atoms with E-state index in [-0.39, 0.29) is 6.04 Å². The van der Waals surface area contributed by atoms with Gasteiger partial charge in [-0.1, -0.05) is 140 Å². The minimum absolute atomic E-state index is 0.241. The zero-order chi connectivity index (χ0) is 35.9. The highest BCUT2D eigenvalue weighted by molar-refractivity contribution is 6.23. The quantitative estimate of drug-likeness (QED) is 0.122. The first-order valence-electron chi connectivity index (χ1n) is 18.0. The van der Waals surface area contributed by atoms with Gasteiger partial charge in [-0.25, -0.2) is 4.99 Å². The zero-order valence-corrected chi connectivity index (χ0v) is 29.7. The smallest absolute Gasteiger partial charge is 0.155 e. The summed E-state index contributed by atoms with van der Waals surface area (Å²) in [5.41, 5.74) is 12.3. The van der Waals surface area contributed by atoms with Crippen LogP contribution >= 0.6 is 0 Å². The first-order chi connectivity index (χ1) is 26.0. The maximum atomic E-state index is 6.52. The number of hydrogen-bond donors (Lipinski definition) is 0. The van der Waals surface area contributed by atoms with Crippen LogP contribution in [-0.2, 0) is 0 Å². The molecule has 53 heavy (non-hydrogen) atoms. The molecule has 2 heterocycles. The van der Waals surface area contributed by atoms with Crippen molar-refractivity contribution in [2.45, 2.75) is 19.9 Å². The molecule has 9 aromatic rings. The Morgan fingerprint density at radius 2 is 1.25 bits per heavy atom. The summed E-state index contributed by atoms with van der Waals surface area (Å²) in [6.07, 6.45) is 0. The van der Waals surface area contributed by atoms with Crippen LogP contribution in [0.15, 0.2) is 191 Å². The van der Waals surface area contributed by atoms with E-state index < -0.39 is 0 Å². The van der Waals surface area contributed by atoms with E-state index in [9.17, 15) is 0 Å². The van der Waals surface area contributed by atoms with E-state index in [1.807, 2.05) is 43.3 Å². The maximum absolute atomic E-state index is 6.52. The van der Waals surface area contributed by atoms with Crippen molar-refractivity contribution >= 4 is 60.9 Å². The Hall–Kier alpha value is -6.78. The molecule has 0 fully saturated rings. The maximum Gasteiger partial charge on any atom is 0.155 e. The van der Waals surface area contributed by atoms with Crippen LogP contribution in [0.25, 0.3) is 66.1 Å². The Morgan fingerprint density at radius 1 is 0.585 bits per heavy atom. The highest BCUT2D eigenvalue weighted by Gasteiger charge is 2.19. The molecule has 4 heteroatoms. The molecule has 0 saturated carbocycles. The molecule has 9 rings (SSSR count). The summed E-state index contributed by atoms with van der Waals surface area (Å²) in [4.78, 5) is 10.4. The number of aliphatic imine (C=N–C) groups is 2. The van der Waals surface area contributed by atoms with Gasteiger partial charge in [-0.2, -0.15) is 0 Å². The molecule has 0 aliphatic rings. The molecule has 0 saturated heterocycles. The summed E-state index contributed by atoms with van der Waals surface area (Å²) < 4.78 is 8.85. The van der Waals surface area contributed by atoms with Crippen LogP contribution in [0.2, 0.25) is 0 Å². The minimum atomic E-state index is -0.241. The average Bonchev–Trinajstić information content (AvgIpc) is 3.77. The van der Waals surface area contributed by atoms with Gasteiger partial charge in [-0.15, -0.1) is 0 Å². The molecule has 0 amide bonds. The zero-order valence-electron chi connectivity index (χ0n) is 29.7. The van der Waals surface area contributed by atoms with Crippen LogP contribution in [0.4, 0.5) is 0 Å². The normalized spacial score (nSPS) is 12.9. The Kier molecular flexibility index (Phi) is 8.13. The van der Waals surface area contributed by atoms with Crippen LogP contribution in [0.5, 0.6) is 0 Å². The SMILES string of the molecule is C=C(c1cccc(-n2c3ccccc3c3c4oc5ccccc5c4ccc32)c1)[C@@H](C)N=C(N=C(C)c1ccccc1)c1ccc(-c2ccccc2)cc1. The van der Waals surface area contributed by atoms with Crippen molar-refractivity contribution in [1.29, 1.82) is 0 Å². The molecule has 0 aliphatic carbocycles. The summed E-state index contributed by atoms with van der Waals surface area (Å²) in [6, 6.07) is 58.8. The second-order valence-corrected chi connectivity index (χ2v) is 13.5. The van der Waals surface area contributed by atoms with Crippen molar-refractivity contribution in [3.63, 3.8) is 0 Å². The van der Waals surface area contributed by atoms with Crippen molar-refractivity contribution in [3.8, 4) is 16.8 Å². The number of benzene rings is 7. The molecule has 254 valence electrons. The van der Waals surface area contributed by atoms with Gasteiger partial charge >= 0.3 is 0 Å². The van der Waals surface area contributed by atoms with E-state index in [0.717, 1.165) is 83.0 Å². The molecule has 1 atom stereocenters. The first-order valence-corrected chi connectivity index (χ1v) is 18.0. The lowest BCUT2D eigenvalue weighted by Gasteiger charge is -2.15. The summed E-state index contributed by atoms with van der Waals surface area (Å²) >= 11 is 0. The third-order valence-electron chi connectivity index (χ3n) is 10.2. The van der Waals surface area contributed by atoms with E-state index in [2.05, 4.69) is 152 Å².